The smallest absolute Gasteiger partial charge is 0.211 e. The molecule has 0 amide bonds. The molecule has 114 valence electrons. The Kier molecular flexibility index (Phi) is 3.85. The lowest BCUT2D eigenvalue weighted by atomic mass is 10.1. The summed E-state index contributed by atoms with van der Waals surface area (Å²) in [6, 6.07) is 2.08. The van der Waals surface area contributed by atoms with E-state index < -0.39 is 10.0 Å². The van der Waals surface area contributed by atoms with E-state index in [1.807, 2.05) is 11.4 Å². The molecule has 0 bridgehead atoms. The van der Waals surface area contributed by atoms with E-state index in [0.717, 1.165) is 42.0 Å². The van der Waals surface area contributed by atoms with Crippen molar-refractivity contribution in [3.63, 3.8) is 0 Å². The van der Waals surface area contributed by atoms with Crippen molar-refractivity contribution < 1.29 is 8.42 Å². The van der Waals surface area contributed by atoms with Gasteiger partial charge in [-0.3, -0.25) is 0 Å². The molecule has 3 heterocycles. The van der Waals surface area contributed by atoms with Crippen LogP contribution < -0.4 is 4.90 Å². The SMILES string of the molecule is CN(C1CCN(c2ncnc3ccsc23)CC1)S(C)(=O)=O. The van der Waals surface area contributed by atoms with E-state index in [-0.39, 0.29) is 6.04 Å². The predicted molar refractivity (Wildman–Crippen MR) is 85.3 cm³/mol. The van der Waals surface area contributed by atoms with Gasteiger partial charge in [0.1, 0.15) is 12.1 Å². The molecule has 0 saturated carbocycles. The zero-order valence-corrected chi connectivity index (χ0v) is 13.7. The summed E-state index contributed by atoms with van der Waals surface area (Å²) in [6.07, 6.45) is 4.50. The van der Waals surface area contributed by atoms with Gasteiger partial charge in [-0.05, 0) is 24.3 Å². The van der Waals surface area contributed by atoms with Crippen molar-refractivity contribution in [2.24, 2.45) is 0 Å². The third-order valence-corrected chi connectivity index (χ3v) is 6.27. The summed E-state index contributed by atoms with van der Waals surface area (Å²) in [5.74, 6) is 0.968. The highest BCUT2D eigenvalue weighted by atomic mass is 32.2. The van der Waals surface area contributed by atoms with Crippen molar-refractivity contribution in [1.82, 2.24) is 14.3 Å². The van der Waals surface area contributed by atoms with Gasteiger partial charge in [0.2, 0.25) is 10.0 Å². The van der Waals surface area contributed by atoms with E-state index in [9.17, 15) is 8.42 Å². The summed E-state index contributed by atoms with van der Waals surface area (Å²) in [6.45, 7) is 1.63. The van der Waals surface area contributed by atoms with Crippen LogP contribution in [0.2, 0.25) is 0 Å². The highest BCUT2D eigenvalue weighted by Crippen LogP contribution is 2.30. The summed E-state index contributed by atoms with van der Waals surface area (Å²) < 4.78 is 25.8. The molecule has 6 nitrogen and oxygen atoms in total. The van der Waals surface area contributed by atoms with Gasteiger partial charge in [-0.15, -0.1) is 11.3 Å². The maximum absolute atomic E-state index is 11.6. The molecule has 1 aliphatic rings. The van der Waals surface area contributed by atoms with Crippen LogP contribution in [-0.2, 0) is 10.0 Å². The Morgan fingerprint density at radius 3 is 2.71 bits per heavy atom. The Morgan fingerprint density at radius 1 is 1.33 bits per heavy atom. The molecule has 0 N–H and O–H groups in total. The number of hydrogen-bond donors (Lipinski definition) is 0. The average Bonchev–Trinajstić information content (AvgIpc) is 2.94. The van der Waals surface area contributed by atoms with Crippen molar-refractivity contribution in [2.75, 3.05) is 31.3 Å². The maximum Gasteiger partial charge on any atom is 0.211 e. The first-order valence-electron chi connectivity index (χ1n) is 6.83. The Morgan fingerprint density at radius 2 is 2.05 bits per heavy atom. The zero-order valence-electron chi connectivity index (χ0n) is 12.1. The first-order chi connectivity index (χ1) is 9.97. The van der Waals surface area contributed by atoms with E-state index >= 15 is 0 Å². The number of piperidine rings is 1. The largest absolute Gasteiger partial charge is 0.355 e. The van der Waals surface area contributed by atoms with Gasteiger partial charge in [0, 0.05) is 26.2 Å². The van der Waals surface area contributed by atoms with Gasteiger partial charge in [-0.1, -0.05) is 0 Å². The number of hydrogen-bond acceptors (Lipinski definition) is 6. The first kappa shape index (κ1) is 14.7. The molecule has 1 saturated heterocycles. The minimum atomic E-state index is -3.12. The topological polar surface area (TPSA) is 66.4 Å². The van der Waals surface area contributed by atoms with Crippen LogP contribution in [0.15, 0.2) is 17.8 Å². The van der Waals surface area contributed by atoms with Crippen LogP contribution in [0.4, 0.5) is 5.82 Å². The summed E-state index contributed by atoms with van der Waals surface area (Å²) >= 11 is 1.65. The van der Waals surface area contributed by atoms with Gasteiger partial charge in [-0.2, -0.15) is 0 Å². The molecule has 0 aromatic carbocycles. The lowest BCUT2D eigenvalue weighted by Crippen LogP contribution is -2.45. The number of thiophene rings is 1. The molecule has 1 fully saturated rings. The van der Waals surface area contributed by atoms with Gasteiger partial charge >= 0.3 is 0 Å². The number of fused-ring (bicyclic) bond motifs is 1. The molecule has 0 unspecified atom stereocenters. The van der Waals surface area contributed by atoms with Crippen LogP contribution in [0.5, 0.6) is 0 Å². The normalized spacial score (nSPS) is 17.8. The molecular formula is C13H18N4O2S2. The van der Waals surface area contributed by atoms with Gasteiger partial charge in [0.25, 0.3) is 0 Å². The second-order valence-corrected chi connectivity index (χ2v) is 8.29. The van der Waals surface area contributed by atoms with E-state index in [1.54, 1.807) is 24.7 Å². The van der Waals surface area contributed by atoms with Crippen LogP contribution in [0.25, 0.3) is 10.2 Å². The fourth-order valence-electron chi connectivity index (χ4n) is 2.71. The van der Waals surface area contributed by atoms with E-state index in [2.05, 4.69) is 14.9 Å². The monoisotopic (exact) mass is 326 g/mol. The molecule has 2 aromatic heterocycles. The number of anilines is 1. The minimum Gasteiger partial charge on any atom is -0.355 e. The third-order valence-electron chi connectivity index (χ3n) is 4.03. The lowest BCUT2D eigenvalue weighted by Gasteiger charge is -2.36. The van der Waals surface area contributed by atoms with Gasteiger partial charge in [0.15, 0.2) is 0 Å². The molecule has 2 aromatic rings. The number of sulfonamides is 1. The molecule has 0 radical (unpaired) electrons. The first-order valence-corrected chi connectivity index (χ1v) is 9.56. The van der Waals surface area contributed by atoms with Crippen molar-refractivity contribution in [3.8, 4) is 0 Å². The maximum atomic E-state index is 11.6. The second-order valence-electron chi connectivity index (χ2n) is 5.33. The lowest BCUT2D eigenvalue weighted by molar-refractivity contribution is 0.313. The molecular weight excluding hydrogens is 308 g/mol. The minimum absolute atomic E-state index is 0.0805. The number of aromatic nitrogens is 2. The highest BCUT2D eigenvalue weighted by Gasteiger charge is 2.28. The summed E-state index contributed by atoms with van der Waals surface area (Å²) in [4.78, 5) is 10.9. The van der Waals surface area contributed by atoms with Crippen molar-refractivity contribution >= 4 is 37.4 Å². The van der Waals surface area contributed by atoms with E-state index in [0.29, 0.717) is 0 Å². The molecule has 3 rings (SSSR count). The Bertz CT molecular complexity index is 735. The zero-order chi connectivity index (χ0) is 15.0. The van der Waals surface area contributed by atoms with E-state index in [4.69, 9.17) is 0 Å². The fourth-order valence-corrected chi connectivity index (χ4v) is 4.33. The average molecular weight is 326 g/mol. The summed E-state index contributed by atoms with van der Waals surface area (Å²) in [7, 11) is -1.45. The quantitative estimate of drug-likeness (QED) is 0.856. The van der Waals surface area contributed by atoms with Crippen molar-refractivity contribution in [2.45, 2.75) is 18.9 Å². The second kappa shape index (κ2) is 5.51. The Hall–Kier alpha value is -1.25. The molecule has 21 heavy (non-hydrogen) atoms. The molecule has 1 aliphatic heterocycles. The van der Waals surface area contributed by atoms with Crippen LogP contribution in [0.3, 0.4) is 0 Å². The van der Waals surface area contributed by atoms with Gasteiger partial charge in [-0.25, -0.2) is 22.7 Å². The van der Waals surface area contributed by atoms with Crippen LogP contribution in [0.1, 0.15) is 12.8 Å². The standard InChI is InChI=1S/C13H18N4O2S2/c1-16(21(2,18)19)10-3-6-17(7-4-10)13-12-11(5-8-20-12)14-9-15-13/h5,8-10H,3-4,6-7H2,1-2H3. The molecule has 8 heteroatoms. The Balaban J connectivity index is 1.76. The summed E-state index contributed by atoms with van der Waals surface area (Å²) in [5.41, 5.74) is 0.973. The third kappa shape index (κ3) is 2.88. The highest BCUT2D eigenvalue weighted by molar-refractivity contribution is 7.88. The Labute approximate surface area is 128 Å². The van der Waals surface area contributed by atoms with Crippen LogP contribution in [-0.4, -0.2) is 55.1 Å². The molecule has 0 spiro atoms. The number of rotatable bonds is 3. The predicted octanol–water partition coefficient (Wildman–Crippen LogP) is 1.55. The van der Waals surface area contributed by atoms with Gasteiger partial charge < -0.3 is 4.90 Å². The van der Waals surface area contributed by atoms with Crippen LogP contribution in [0, 0.1) is 0 Å². The summed E-state index contributed by atoms with van der Waals surface area (Å²) in [5, 5.41) is 2.02. The number of nitrogens with zero attached hydrogens (tertiary/aromatic N) is 4. The van der Waals surface area contributed by atoms with Crippen LogP contribution >= 0.6 is 11.3 Å². The molecule has 0 atom stereocenters. The van der Waals surface area contributed by atoms with Gasteiger partial charge in [0.05, 0.1) is 16.5 Å². The van der Waals surface area contributed by atoms with Crippen molar-refractivity contribution in [3.05, 3.63) is 17.8 Å². The van der Waals surface area contributed by atoms with E-state index in [1.165, 1.54) is 10.6 Å². The fraction of sp³-hybridized carbons (Fsp3) is 0.538. The molecule has 0 aliphatic carbocycles. The van der Waals surface area contributed by atoms with Crippen molar-refractivity contribution in [1.29, 1.82) is 0 Å².